The molecule has 0 spiro atoms. The lowest BCUT2D eigenvalue weighted by molar-refractivity contribution is 0.577. The first kappa shape index (κ1) is 14.9. The number of benzene rings is 1. The molecular formula is C15H16F2N2S. The Morgan fingerprint density at radius 3 is 2.75 bits per heavy atom. The van der Waals surface area contributed by atoms with Crippen LogP contribution in [0.3, 0.4) is 0 Å². The molecule has 20 heavy (non-hydrogen) atoms. The highest BCUT2D eigenvalue weighted by Crippen LogP contribution is 2.31. The lowest BCUT2D eigenvalue weighted by Gasteiger charge is -2.08. The molecule has 0 fully saturated rings. The Hall–Kier alpha value is -1.46. The minimum absolute atomic E-state index is 0.250. The summed E-state index contributed by atoms with van der Waals surface area (Å²) < 4.78 is 26.8. The van der Waals surface area contributed by atoms with Gasteiger partial charge in [0, 0.05) is 12.7 Å². The van der Waals surface area contributed by atoms with Gasteiger partial charge in [-0.1, -0.05) is 24.8 Å². The van der Waals surface area contributed by atoms with Crippen LogP contribution in [0.25, 0.3) is 0 Å². The molecule has 2 rings (SSSR count). The van der Waals surface area contributed by atoms with Crippen molar-refractivity contribution < 1.29 is 8.78 Å². The fourth-order valence-electron chi connectivity index (χ4n) is 1.75. The maximum Gasteiger partial charge on any atom is 0.137 e. The molecule has 2 aromatic rings. The minimum Gasteiger partial charge on any atom is -0.313 e. The lowest BCUT2D eigenvalue weighted by atomic mass is 10.2. The third-order valence-corrected chi connectivity index (χ3v) is 3.92. The summed E-state index contributed by atoms with van der Waals surface area (Å²) in [4.78, 5) is 4.58. The van der Waals surface area contributed by atoms with Crippen molar-refractivity contribution in [2.45, 2.75) is 30.3 Å². The molecule has 0 aliphatic heterocycles. The van der Waals surface area contributed by atoms with Gasteiger partial charge in [-0.2, -0.15) is 0 Å². The predicted molar refractivity (Wildman–Crippen MR) is 76.8 cm³/mol. The van der Waals surface area contributed by atoms with Crippen LogP contribution in [0.2, 0.25) is 0 Å². The summed E-state index contributed by atoms with van der Waals surface area (Å²) in [6.45, 7) is 5.60. The molecule has 0 atom stereocenters. The van der Waals surface area contributed by atoms with Crippen molar-refractivity contribution in [3.63, 3.8) is 0 Å². The van der Waals surface area contributed by atoms with Crippen LogP contribution in [0.15, 0.2) is 40.4 Å². The Bertz CT molecular complexity index is 602. The molecule has 0 aliphatic carbocycles. The number of nitrogens with one attached hydrogen (secondary N) is 1. The Morgan fingerprint density at radius 2 is 2.05 bits per heavy atom. The van der Waals surface area contributed by atoms with E-state index in [2.05, 4.69) is 10.3 Å². The maximum atomic E-state index is 13.6. The summed E-state index contributed by atoms with van der Waals surface area (Å²) in [6.07, 6.45) is 1.76. The Balaban J connectivity index is 2.19. The average molecular weight is 294 g/mol. The second kappa shape index (κ2) is 6.81. The monoisotopic (exact) mass is 294 g/mol. The molecule has 1 N–H and O–H groups in total. The highest BCUT2D eigenvalue weighted by Gasteiger charge is 2.09. The number of pyridine rings is 1. The zero-order valence-corrected chi connectivity index (χ0v) is 12.2. The molecule has 0 saturated carbocycles. The highest BCUT2D eigenvalue weighted by atomic mass is 32.2. The van der Waals surface area contributed by atoms with Crippen molar-refractivity contribution in [3.05, 3.63) is 53.2 Å². The van der Waals surface area contributed by atoms with E-state index >= 15 is 0 Å². The molecule has 0 unspecified atom stereocenters. The van der Waals surface area contributed by atoms with Crippen LogP contribution in [0, 0.1) is 18.6 Å². The van der Waals surface area contributed by atoms with E-state index in [0.717, 1.165) is 48.1 Å². The molecule has 0 radical (unpaired) electrons. The summed E-state index contributed by atoms with van der Waals surface area (Å²) in [7, 11) is 0. The number of nitrogens with zero attached hydrogens (tertiary/aromatic N) is 1. The first-order chi connectivity index (χ1) is 9.60. The average Bonchev–Trinajstić information content (AvgIpc) is 2.43. The van der Waals surface area contributed by atoms with E-state index in [4.69, 9.17) is 0 Å². The van der Waals surface area contributed by atoms with Gasteiger partial charge in [0.05, 0.1) is 4.90 Å². The number of rotatable bonds is 5. The summed E-state index contributed by atoms with van der Waals surface area (Å²) >= 11 is 1.14. The van der Waals surface area contributed by atoms with Gasteiger partial charge in [-0.25, -0.2) is 13.8 Å². The third-order valence-electron chi connectivity index (χ3n) is 2.77. The smallest absolute Gasteiger partial charge is 0.137 e. The van der Waals surface area contributed by atoms with Gasteiger partial charge in [0.15, 0.2) is 0 Å². The van der Waals surface area contributed by atoms with Crippen LogP contribution in [0.4, 0.5) is 8.78 Å². The van der Waals surface area contributed by atoms with Gasteiger partial charge >= 0.3 is 0 Å². The van der Waals surface area contributed by atoms with E-state index in [9.17, 15) is 8.78 Å². The third kappa shape index (κ3) is 3.77. The predicted octanol–water partition coefficient (Wildman–Crippen LogP) is 3.93. The van der Waals surface area contributed by atoms with Gasteiger partial charge in [-0.05, 0) is 42.8 Å². The van der Waals surface area contributed by atoms with Gasteiger partial charge in [-0.15, -0.1) is 0 Å². The highest BCUT2D eigenvalue weighted by molar-refractivity contribution is 7.99. The molecule has 5 heteroatoms. The van der Waals surface area contributed by atoms with Gasteiger partial charge in [0.25, 0.3) is 0 Å². The number of aryl methyl sites for hydroxylation is 1. The molecular weight excluding hydrogens is 278 g/mol. The zero-order valence-electron chi connectivity index (χ0n) is 11.4. The fraction of sp³-hybridized carbons (Fsp3) is 0.267. The van der Waals surface area contributed by atoms with Crippen molar-refractivity contribution in [1.29, 1.82) is 0 Å². The van der Waals surface area contributed by atoms with E-state index in [-0.39, 0.29) is 4.90 Å². The molecule has 0 bridgehead atoms. The van der Waals surface area contributed by atoms with Crippen LogP contribution < -0.4 is 5.32 Å². The Labute approximate surface area is 121 Å². The van der Waals surface area contributed by atoms with E-state index < -0.39 is 11.6 Å². The van der Waals surface area contributed by atoms with Crippen molar-refractivity contribution in [3.8, 4) is 0 Å². The van der Waals surface area contributed by atoms with E-state index in [1.807, 2.05) is 19.9 Å². The van der Waals surface area contributed by atoms with Crippen LogP contribution in [-0.2, 0) is 6.54 Å². The lowest BCUT2D eigenvalue weighted by Crippen LogP contribution is -2.12. The molecule has 1 heterocycles. The number of halogens is 2. The second-order valence-electron chi connectivity index (χ2n) is 4.42. The number of hydrogen-bond acceptors (Lipinski definition) is 3. The fourth-order valence-corrected chi connectivity index (χ4v) is 2.62. The number of aromatic nitrogens is 1. The summed E-state index contributed by atoms with van der Waals surface area (Å²) in [5.74, 6) is -0.885. The topological polar surface area (TPSA) is 24.9 Å². The molecule has 0 amide bonds. The maximum absolute atomic E-state index is 13.6. The second-order valence-corrected chi connectivity index (χ2v) is 5.45. The summed E-state index contributed by atoms with van der Waals surface area (Å²) in [6, 6.07) is 5.44. The molecule has 0 aliphatic rings. The van der Waals surface area contributed by atoms with Crippen molar-refractivity contribution in [1.82, 2.24) is 10.3 Å². The van der Waals surface area contributed by atoms with E-state index in [0.29, 0.717) is 5.03 Å². The Morgan fingerprint density at radius 1 is 1.25 bits per heavy atom. The van der Waals surface area contributed by atoms with Crippen molar-refractivity contribution in [2.75, 3.05) is 6.54 Å². The van der Waals surface area contributed by atoms with Crippen LogP contribution in [0.5, 0.6) is 0 Å². The molecule has 1 aromatic heterocycles. The summed E-state index contributed by atoms with van der Waals surface area (Å²) in [5, 5.41) is 3.91. The largest absolute Gasteiger partial charge is 0.313 e. The molecule has 106 valence electrons. The van der Waals surface area contributed by atoms with Crippen LogP contribution in [-0.4, -0.2) is 11.5 Å². The van der Waals surface area contributed by atoms with Crippen molar-refractivity contribution in [2.24, 2.45) is 0 Å². The van der Waals surface area contributed by atoms with E-state index in [1.165, 1.54) is 6.07 Å². The van der Waals surface area contributed by atoms with E-state index in [1.54, 1.807) is 6.20 Å². The van der Waals surface area contributed by atoms with Crippen LogP contribution in [0.1, 0.15) is 18.1 Å². The zero-order chi connectivity index (χ0) is 14.5. The normalized spacial score (nSPS) is 10.8. The standard InChI is InChI=1S/C15H16F2N2S/c1-3-18-8-11-6-10(2)15(19-9-11)20-14-7-12(16)4-5-13(14)17/h4-7,9,18H,3,8H2,1-2H3. The SMILES string of the molecule is CCNCc1cnc(Sc2cc(F)ccc2F)c(C)c1. The van der Waals surface area contributed by atoms with Gasteiger partial charge in [-0.3, -0.25) is 0 Å². The minimum atomic E-state index is -0.449. The molecule has 2 nitrogen and oxygen atoms in total. The first-order valence-electron chi connectivity index (χ1n) is 6.39. The first-order valence-corrected chi connectivity index (χ1v) is 7.21. The van der Waals surface area contributed by atoms with Crippen LogP contribution >= 0.6 is 11.8 Å². The molecule has 0 saturated heterocycles. The quantitative estimate of drug-likeness (QED) is 0.904. The van der Waals surface area contributed by atoms with Gasteiger partial charge < -0.3 is 5.32 Å². The number of hydrogen-bond donors (Lipinski definition) is 1. The van der Waals surface area contributed by atoms with Crippen molar-refractivity contribution >= 4 is 11.8 Å². The molecule has 1 aromatic carbocycles. The Kier molecular flexibility index (Phi) is 5.09. The van der Waals surface area contributed by atoms with Gasteiger partial charge in [0.1, 0.15) is 16.7 Å². The van der Waals surface area contributed by atoms with Gasteiger partial charge in [0.2, 0.25) is 0 Å². The summed E-state index contributed by atoms with van der Waals surface area (Å²) in [5.41, 5.74) is 2.03.